The summed E-state index contributed by atoms with van der Waals surface area (Å²) in [5.41, 5.74) is 1.17. The van der Waals surface area contributed by atoms with Crippen LogP contribution in [0.4, 0.5) is 0 Å². The number of ether oxygens (including phenoxy) is 2. The molecule has 0 amide bonds. The van der Waals surface area contributed by atoms with Gasteiger partial charge in [0.2, 0.25) is 5.43 Å². The van der Waals surface area contributed by atoms with Gasteiger partial charge in [-0.05, 0) is 12.0 Å². The Labute approximate surface area is 153 Å². The molecule has 1 aromatic heterocycles. The van der Waals surface area contributed by atoms with Crippen molar-refractivity contribution < 1.29 is 19.4 Å². The number of rotatable bonds is 5. The van der Waals surface area contributed by atoms with Crippen molar-refractivity contribution in [2.45, 2.75) is 23.9 Å². The van der Waals surface area contributed by atoms with E-state index in [4.69, 9.17) is 9.47 Å². The van der Waals surface area contributed by atoms with Crippen LogP contribution in [-0.4, -0.2) is 29.4 Å². The van der Waals surface area contributed by atoms with Crippen molar-refractivity contribution in [3.05, 3.63) is 63.6 Å². The number of carbonyl (C=O) groups excluding carboxylic acids is 1. The molecule has 2 heterocycles. The van der Waals surface area contributed by atoms with Crippen molar-refractivity contribution in [3.8, 4) is 5.75 Å². The number of benzene rings is 1. The Hall–Kier alpha value is -2.12. The number of hydrogen-bond donors (Lipinski definition) is 1. The summed E-state index contributed by atoms with van der Waals surface area (Å²) in [6.07, 6.45) is 0.572. The standard InChI is InChI=1S/C18H18BrNO5/c1-24-18(23)16-17(25-10-11-5-3-2-4-6-11)15(22)8-14-13(19)7-12(9-21)20(14)16/h2-6,8,12-13,21H,7,9-10H2,1H3. The first-order valence-corrected chi connectivity index (χ1v) is 8.77. The van der Waals surface area contributed by atoms with Crippen molar-refractivity contribution in [1.82, 2.24) is 4.57 Å². The minimum atomic E-state index is -0.665. The van der Waals surface area contributed by atoms with Gasteiger partial charge in [0.05, 0.1) is 24.6 Å². The maximum atomic E-state index is 12.6. The van der Waals surface area contributed by atoms with Crippen LogP contribution >= 0.6 is 15.9 Å². The Kier molecular flexibility index (Phi) is 5.24. The van der Waals surface area contributed by atoms with Crippen LogP contribution in [0.2, 0.25) is 0 Å². The number of pyridine rings is 1. The van der Waals surface area contributed by atoms with E-state index >= 15 is 0 Å². The quantitative estimate of drug-likeness (QED) is 0.608. The number of methoxy groups -OCH3 is 1. The fourth-order valence-electron chi connectivity index (χ4n) is 3.04. The zero-order chi connectivity index (χ0) is 18.0. The number of hydrogen-bond acceptors (Lipinski definition) is 5. The summed E-state index contributed by atoms with van der Waals surface area (Å²) in [7, 11) is 1.25. The summed E-state index contributed by atoms with van der Waals surface area (Å²) in [6.45, 7) is 0.00104. The Balaban J connectivity index is 2.08. The molecule has 2 aromatic rings. The van der Waals surface area contributed by atoms with Crippen molar-refractivity contribution in [2.75, 3.05) is 13.7 Å². The molecule has 0 aliphatic carbocycles. The van der Waals surface area contributed by atoms with Crippen LogP contribution in [0.25, 0.3) is 0 Å². The van der Waals surface area contributed by atoms with Gasteiger partial charge in [-0.3, -0.25) is 4.79 Å². The van der Waals surface area contributed by atoms with Crippen LogP contribution in [0.1, 0.15) is 39.0 Å². The van der Waals surface area contributed by atoms with E-state index in [-0.39, 0.29) is 41.0 Å². The van der Waals surface area contributed by atoms with Crippen LogP contribution in [0.5, 0.6) is 5.75 Å². The van der Waals surface area contributed by atoms with E-state index in [1.807, 2.05) is 30.3 Å². The number of carbonyl (C=O) groups is 1. The lowest BCUT2D eigenvalue weighted by molar-refractivity contribution is 0.0576. The van der Waals surface area contributed by atoms with Crippen LogP contribution in [0.15, 0.2) is 41.2 Å². The normalized spacial score (nSPS) is 18.7. The predicted octanol–water partition coefficient (Wildman–Crippen LogP) is 2.59. The van der Waals surface area contributed by atoms with Gasteiger partial charge in [-0.15, -0.1) is 0 Å². The lowest BCUT2D eigenvalue weighted by Gasteiger charge is -2.19. The summed E-state index contributed by atoms with van der Waals surface area (Å²) in [4.78, 5) is 24.8. The van der Waals surface area contributed by atoms with E-state index in [0.29, 0.717) is 12.1 Å². The number of aliphatic hydroxyl groups excluding tert-OH is 1. The molecule has 0 spiro atoms. The summed E-state index contributed by atoms with van der Waals surface area (Å²) in [5.74, 6) is -0.721. The van der Waals surface area contributed by atoms with E-state index in [1.54, 1.807) is 4.57 Å². The second-order valence-electron chi connectivity index (χ2n) is 5.79. The molecule has 0 radical (unpaired) electrons. The molecule has 0 saturated heterocycles. The van der Waals surface area contributed by atoms with Crippen molar-refractivity contribution >= 4 is 21.9 Å². The first-order chi connectivity index (χ1) is 12.1. The topological polar surface area (TPSA) is 77.8 Å². The highest BCUT2D eigenvalue weighted by atomic mass is 79.9. The minimum Gasteiger partial charge on any atom is -0.482 e. The van der Waals surface area contributed by atoms with E-state index in [2.05, 4.69) is 15.9 Å². The van der Waals surface area contributed by atoms with Crippen molar-refractivity contribution in [3.63, 3.8) is 0 Å². The lowest BCUT2D eigenvalue weighted by Crippen LogP contribution is -2.25. The number of nitrogens with zero attached hydrogens (tertiary/aromatic N) is 1. The Morgan fingerprint density at radius 3 is 2.72 bits per heavy atom. The molecule has 25 heavy (non-hydrogen) atoms. The Morgan fingerprint density at radius 1 is 1.36 bits per heavy atom. The molecule has 1 aliphatic rings. The van der Waals surface area contributed by atoms with Crippen LogP contribution in [0, 0.1) is 0 Å². The van der Waals surface area contributed by atoms with E-state index in [1.165, 1.54) is 13.2 Å². The highest BCUT2D eigenvalue weighted by Crippen LogP contribution is 2.41. The lowest BCUT2D eigenvalue weighted by atomic mass is 10.2. The van der Waals surface area contributed by atoms with Crippen molar-refractivity contribution in [1.29, 1.82) is 0 Å². The number of halogens is 1. The van der Waals surface area contributed by atoms with Crippen LogP contribution < -0.4 is 10.2 Å². The molecular weight excluding hydrogens is 390 g/mol. The van der Waals surface area contributed by atoms with Gasteiger partial charge in [-0.2, -0.15) is 0 Å². The second-order valence-corrected chi connectivity index (χ2v) is 6.89. The van der Waals surface area contributed by atoms with Crippen LogP contribution in [0.3, 0.4) is 0 Å². The smallest absolute Gasteiger partial charge is 0.358 e. The maximum absolute atomic E-state index is 12.6. The maximum Gasteiger partial charge on any atom is 0.358 e. The SMILES string of the molecule is COC(=O)c1c(OCc2ccccc2)c(=O)cc2n1C(CO)CC2Br. The van der Waals surface area contributed by atoms with E-state index in [0.717, 1.165) is 5.56 Å². The fourth-order valence-corrected chi connectivity index (χ4v) is 3.82. The zero-order valence-electron chi connectivity index (χ0n) is 13.6. The van der Waals surface area contributed by atoms with Gasteiger partial charge in [-0.25, -0.2) is 4.79 Å². The molecule has 0 fully saturated rings. The van der Waals surface area contributed by atoms with Crippen molar-refractivity contribution in [2.24, 2.45) is 0 Å². The number of alkyl halides is 1. The number of fused-ring (bicyclic) bond motifs is 1. The first kappa shape index (κ1) is 17.7. The summed E-state index contributed by atoms with van der Waals surface area (Å²) >= 11 is 3.49. The summed E-state index contributed by atoms with van der Waals surface area (Å²) < 4.78 is 12.2. The highest BCUT2D eigenvalue weighted by Gasteiger charge is 2.35. The van der Waals surface area contributed by atoms with Gasteiger partial charge < -0.3 is 19.1 Å². The number of aliphatic hydroxyl groups is 1. The highest BCUT2D eigenvalue weighted by molar-refractivity contribution is 9.09. The molecule has 0 bridgehead atoms. The van der Waals surface area contributed by atoms with Crippen LogP contribution in [-0.2, 0) is 11.3 Å². The number of esters is 1. The Bertz CT molecular complexity index is 833. The minimum absolute atomic E-state index is 0.0435. The number of aromatic nitrogens is 1. The third-order valence-electron chi connectivity index (χ3n) is 4.22. The molecule has 1 aromatic carbocycles. The molecule has 0 saturated carbocycles. The largest absolute Gasteiger partial charge is 0.482 e. The molecule has 2 atom stereocenters. The average molecular weight is 408 g/mol. The van der Waals surface area contributed by atoms with Gasteiger partial charge in [0.15, 0.2) is 11.4 Å². The zero-order valence-corrected chi connectivity index (χ0v) is 15.2. The van der Waals surface area contributed by atoms with Gasteiger partial charge in [-0.1, -0.05) is 46.3 Å². The second kappa shape index (κ2) is 7.41. The average Bonchev–Trinajstić information content (AvgIpc) is 2.95. The summed E-state index contributed by atoms with van der Waals surface area (Å²) in [6, 6.07) is 10.5. The molecule has 2 unspecified atom stereocenters. The van der Waals surface area contributed by atoms with Gasteiger partial charge in [0, 0.05) is 11.8 Å². The first-order valence-electron chi connectivity index (χ1n) is 7.86. The molecule has 7 heteroatoms. The van der Waals surface area contributed by atoms with Gasteiger partial charge in [0.25, 0.3) is 0 Å². The summed E-state index contributed by atoms with van der Waals surface area (Å²) in [5, 5.41) is 9.66. The molecule has 132 valence electrons. The molecule has 6 nitrogen and oxygen atoms in total. The third-order valence-corrected chi connectivity index (χ3v) is 5.06. The van der Waals surface area contributed by atoms with Gasteiger partial charge >= 0.3 is 5.97 Å². The molecular formula is C18H18BrNO5. The van der Waals surface area contributed by atoms with E-state index in [9.17, 15) is 14.7 Å². The van der Waals surface area contributed by atoms with E-state index < -0.39 is 5.97 Å². The third kappa shape index (κ3) is 3.34. The monoisotopic (exact) mass is 407 g/mol. The fraction of sp³-hybridized carbons (Fsp3) is 0.333. The molecule has 1 N–H and O–H groups in total. The molecule has 1 aliphatic heterocycles. The predicted molar refractivity (Wildman–Crippen MR) is 95.2 cm³/mol. The Morgan fingerprint density at radius 2 is 2.08 bits per heavy atom. The van der Waals surface area contributed by atoms with Gasteiger partial charge in [0.1, 0.15) is 6.61 Å². The molecule has 3 rings (SSSR count).